The molecular weight excluding hydrogens is 977 g/mol. The topological polar surface area (TPSA) is 69.9 Å². The molecule has 65 heavy (non-hydrogen) atoms. The van der Waals surface area contributed by atoms with Crippen LogP contribution in [-0.2, 0) is 25.5 Å². The van der Waals surface area contributed by atoms with Crippen LogP contribution < -0.4 is 0 Å². The number of para-hydroxylation sites is 3. The molecule has 7 heteroatoms. The molecule has 1 radical (unpaired) electrons. The Balaban J connectivity index is 0.000000289. The summed E-state index contributed by atoms with van der Waals surface area (Å²) in [5.74, 6) is 1.76. The molecule has 0 saturated heterocycles. The molecule has 0 spiro atoms. The van der Waals surface area contributed by atoms with E-state index in [1.807, 2.05) is 97.2 Å². The Morgan fingerprint density at radius 3 is 2.08 bits per heavy atom. The molecule has 0 aliphatic rings. The van der Waals surface area contributed by atoms with E-state index in [-0.39, 0.29) is 42.9 Å². The van der Waals surface area contributed by atoms with E-state index in [1.165, 1.54) is 22.3 Å². The van der Waals surface area contributed by atoms with Gasteiger partial charge in [-0.1, -0.05) is 127 Å². The molecule has 0 saturated carbocycles. The molecule has 4 aromatic heterocycles. The van der Waals surface area contributed by atoms with E-state index in [0.29, 0.717) is 38.9 Å². The number of fused-ring (bicyclic) bond motifs is 7. The van der Waals surface area contributed by atoms with Crippen LogP contribution in [0, 0.1) is 19.0 Å². The Morgan fingerprint density at radius 2 is 1.35 bits per heavy atom. The Hall–Kier alpha value is -6.66. The van der Waals surface area contributed by atoms with Crippen molar-refractivity contribution < 1.29 is 33.1 Å². The second-order valence-electron chi connectivity index (χ2n) is 18.1. The quantitative estimate of drug-likeness (QED) is 0.155. The SMILES string of the molecule is CC(C)(C)c1ccnc(-c2[c-]cccc2)n1.[2H]C([2H])([2H])c1c[c-]c(-c2nc3ccccc3n2-c2c(C(C)C)cc(-c3ccccc3)cc2C(C)C)c2oc3cc4c(cc3c12)oc1ccccc14.[Ir]. The van der Waals surface area contributed by atoms with Crippen molar-refractivity contribution >= 4 is 54.9 Å². The zero-order valence-electron chi connectivity index (χ0n) is 40.4. The van der Waals surface area contributed by atoms with E-state index in [1.54, 1.807) is 6.07 Å². The summed E-state index contributed by atoms with van der Waals surface area (Å²) in [5, 5.41) is 3.08. The number of hydrogen-bond donors (Lipinski definition) is 0. The van der Waals surface area contributed by atoms with Crippen LogP contribution in [0.15, 0.2) is 155 Å². The molecule has 0 unspecified atom stereocenters. The van der Waals surface area contributed by atoms with Crippen LogP contribution in [0.25, 0.3) is 94.5 Å². The van der Waals surface area contributed by atoms with Gasteiger partial charge in [0.1, 0.15) is 16.7 Å². The summed E-state index contributed by atoms with van der Waals surface area (Å²) in [6.07, 6.45) is 1.81. The maximum atomic E-state index is 8.53. The number of aryl methyl sites for hydroxylation is 1. The van der Waals surface area contributed by atoms with Crippen LogP contribution in [0.3, 0.4) is 0 Å². The summed E-state index contributed by atoms with van der Waals surface area (Å²) in [7, 11) is 0. The molecule has 325 valence electrons. The van der Waals surface area contributed by atoms with Crippen LogP contribution in [0.5, 0.6) is 0 Å². The third-order valence-electron chi connectivity index (χ3n) is 11.9. The van der Waals surface area contributed by atoms with E-state index >= 15 is 0 Å². The van der Waals surface area contributed by atoms with Crippen molar-refractivity contribution in [1.82, 2.24) is 19.5 Å². The van der Waals surface area contributed by atoms with E-state index in [0.717, 1.165) is 50.2 Å². The van der Waals surface area contributed by atoms with E-state index < -0.39 is 6.85 Å². The van der Waals surface area contributed by atoms with Gasteiger partial charge in [-0.15, -0.1) is 53.6 Å². The summed E-state index contributed by atoms with van der Waals surface area (Å²) in [6.45, 7) is 12.9. The molecular formula is C58H50IrN4O2-2. The van der Waals surface area contributed by atoms with Crippen molar-refractivity contribution in [2.45, 2.75) is 72.6 Å². The molecule has 4 heterocycles. The normalized spacial score (nSPS) is 12.7. The molecule has 11 aromatic rings. The second-order valence-corrected chi connectivity index (χ2v) is 18.1. The van der Waals surface area contributed by atoms with Crippen molar-refractivity contribution in [2.24, 2.45) is 0 Å². The fraction of sp³-hybridized carbons (Fsp3) is 0.190. The average Bonchev–Trinajstić information content (AvgIpc) is 4.01. The molecule has 6 nitrogen and oxygen atoms in total. The van der Waals surface area contributed by atoms with Crippen molar-refractivity contribution in [3.63, 3.8) is 0 Å². The number of benzene rings is 7. The van der Waals surface area contributed by atoms with Crippen LogP contribution in [0.2, 0.25) is 0 Å². The Morgan fingerprint density at radius 1 is 0.662 bits per heavy atom. The van der Waals surface area contributed by atoms with E-state index in [2.05, 4.69) is 118 Å². The summed E-state index contributed by atoms with van der Waals surface area (Å²) in [5.41, 5.74) is 12.8. The molecule has 7 aromatic carbocycles. The standard InChI is InChI=1S/C44H35N2O2.C14H15N2.Ir/c1-25(2)32-21-29(28-13-7-6-8-14-28)22-33(26(3)4)42(32)46-37-17-11-10-16-36(37)45-44(46)31-20-19-27(5)41-35-24-39-34(23-40(35)48-43(31)41)30-15-9-12-18-38(30)47-39;1-14(2,3)12-9-10-15-13(16-12)11-7-5-4-6-8-11;/h6-19,21-26H,1-5H3;4-7,9-10H,1-3H3;/q2*-1;/i5D3;;. The van der Waals surface area contributed by atoms with Gasteiger partial charge in [-0.25, -0.2) is 0 Å². The minimum absolute atomic E-state index is 0. The molecule has 0 fully saturated rings. The van der Waals surface area contributed by atoms with Gasteiger partial charge in [-0.3, -0.25) is 15.0 Å². The van der Waals surface area contributed by atoms with Crippen molar-refractivity contribution in [2.75, 3.05) is 0 Å². The zero-order chi connectivity index (χ0) is 46.8. The Kier molecular flexibility index (Phi) is 10.7. The first-order valence-electron chi connectivity index (χ1n) is 23.4. The third-order valence-corrected chi connectivity index (χ3v) is 11.9. The third kappa shape index (κ3) is 7.98. The van der Waals surface area contributed by atoms with Gasteiger partial charge in [-0.2, -0.15) is 0 Å². The van der Waals surface area contributed by atoms with Gasteiger partial charge in [0.25, 0.3) is 0 Å². The number of nitrogens with zero attached hydrogens (tertiary/aromatic N) is 4. The van der Waals surface area contributed by atoms with E-state index in [9.17, 15) is 0 Å². The van der Waals surface area contributed by atoms with Gasteiger partial charge in [0, 0.05) is 63.4 Å². The fourth-order valence-electron chi connectivity index (χ4n) is 8.68. The maximum Gasteiger partial charge on any atom is 0.136 e. The fourth-order valence-corrected chi connectivity index (χ4v) is 8.68. The monoisotopic (exact) mass is 1030 g/mol. The van der Waals surface area contributed by atoms with Gasteiger partial charge in [-0.05, 0) is 82.6 Å². The minimum atomic E-state index is -2.41. The van der Waals surface area contributed by atoms with Crippen LogP contribution >= 0.6 is 0 Å². The summed E-state index contributed by atoms with van der Waals surface area (Å²) >= 11 is 0. The first-order valence-corrected chi connectivity index (χ1v) is 21.9. The molecule has 11 rings (SSSR count). The number of hydrogen-bond acceptors (Lipinski definition) is 5. The number of rotatable bonds is 6. The minimum Gasteiger partial charge on any atom is -0.501 e. The predicted molar refractivity (Wildman–Crippen MR) is 263 cm³/mol. The van der Waals surface area contributed by atoms with Crippen LogP contribution in [0.4, 0.5) is 0 Å². The Labute approximate surface area is 398 Å². The largest absolute Gasteiger partial charge is 0.501 e. The summed E-state index contributed by atoms with van der Waals surface area (Å²) < 4.78 is 40.8. The van der Waals surface area contributed by atoms with Gasteiger partial charge in [0.15, 0.2) is 0 Å². The first-order chi connectivity index (χ1) is 32.2. The summed E-state index contributed by atoms with van der Waals surface area (Å²) in [4.78, 5) is 14.1. The molecule has 0 aliphatic heterocycles. The predicted octanol–water partition coefficient (Wildman–Crippen LogP) is 15.8. The van der Waals surface area contributed by atoms with Crippen molar-refractivity contribution in [3.05, 3.63) is 180 Å². The molecule has 0 N–H and O–H groups in total. The van der Waals surface area contributed by atoms with Crippen molar-refractivity contribution in [1.29, 1.82) is 0 Å². The molecule has 0 amide bonds. The number of aromatic nitrogens is 4. The zero-order valence-corrected chi connectivity index (χ0v) is 39.8. The van der Waals surface area contributed by atoms with Crippen molar-refractivity contribution in [3.8, 4) is 39.6 Å². The molecule has 0 atom stereocenters. The first kappa shape index (κ1) is 39.9. The molecule has 0 bridgehead atoms. The average molecular weight is 1030 g/mol. The van der Waals surface area contributed by atoms with Crippen LogP contribution in [-0.4, -0.2) is 19.5 Å². The van der Waals surface area contributed by atoms with E-state index in [4.69, 9.17) is 17.9 Å². The second kappa shape index (κ2) is 17.4. The van der Waals surface area contributed by atoms with Gasteiger partial charge >= 0.3 is 0 Å². The molecule has 0 aliphatic carbocycles. The Bertz CT molecular complexity index is 3590. The van der Waals surface area contributed by atoms with Gasteiger partial charge in [0.05, 0.1) is 28.3 Å². The van der Waals surface area contributed by atoms with Gasteiger partial charge in [0.2, 0.25) is 0 Å². The summed E-state index contributed by atoms with van der Waals surface area (Å²) in [6, 6.07) is 52.8. The maximum absolute atomic E-state index is 8.53. The van der Waals surface area contributed by atoms with Crippen LogP contribution in [0.1, 0.15) is 86.8 Å². The number of imidazole rings is 1. The van der Waals surface area contributed by atoms with Gasteiger partial charge < -0.3 is 13.4 Å². The number of furan rings is 2. The smallest absolute Gasteiger partial charge is 0.136 e.